The normalized spacial score (nSPS) is 10.8. The maximum absolute atomic E-state index is 12.4. The lowest BCUT2D eigenvalue weighted by molar-refractivity contribution is -0.384. The summed E-state index contributed by atoms with van der Waals surface area (Å²) in [5.74, 6) is -0.135. The van der Waals surface area contributed by atoms with Gasteiger partial charge >= 0.3 is 0 Å². The van der Waals surface area contributed by atoms with Crippen LogP contribution >= 0.6 is 27.5 Å². The van der Waals surface area contributed by atoms with Crippen molar-refractivity contribution in [2.45, 2.75) is 6.61 Å². The molecule has 3 rings (SSSR count). The summed E-state index contributed by atoms with van der Waals surface area (Å²) in [6, 6.07) is 19.8. The van der Waals surface area contributed by atoms with E-state index in [4.69, 9.17) is 16.3 Å². The lowest BCUT2D eigenvalue weighted by atomic mass is 10.1. The molecule has 0 atom stereocenters. The quantitative estimate of drug-likeness (QED) is 0.177. The zero-order chi connectivity index (χ0) is 23.1. The van der Waals surface area contributed by atoms with Gasteiger partial charge in [0.15, 0.2) is 0 Å². The van der Waals surface area contributed by atoms with Gasteiger partial charge in [-0.1, -0.05) is 33.6 Å². The number of nitriles is 1. The number of benzene rings is 3. The van der Waals surface area contributed by atoms with E-state index in [0.717, 1.165) is 10.0 Å². The smallest absolute Gasteiger partial charge is 0.269 e. The van der Waals surface area contributed by atoms with E-state index >= 15 is 0 Å². The Morgan fingerprint density at radius 2 is 1.84 bits per heavy atom. The fourth-order valence-electron chi connectivity index (χ4n) is 2.65. The zero-order valence-electron chi connectivity index (χ0n) is 16.4. The minimum Gasteiger partial charge on any atom is -0.487 e. The molecule has 0 spiro atoms. The number of non-ortho nitro benzene ring substituents is 1. The molecule has 0 radical (unpaired) electrons. The number of hydrogen-bond acceptors (Lipinski definition) is 5. The summed E-state index contributed by atoms with van der Waals surface area (Å²) in [4.78, 5) is 22.6. The van der Waals surface area contributed by atoms with Crippen LogP contribution in [0.2, 0.25) is 5.02 Å². The molecule has 9 heteroatoms. The highest BCUT2D eigenvalue weighted by atomic mass is 79.9. The number of anilines is 1. The predicted octanol–water partition coefficient (Wildman–Crippen LogP) is 6.14. The molecule has 3 aromatic carbocycles. The standard InChI is InChI=1S/C23H15BrClN3O4/c24-18-4-6-19(7-5-18)27-23(29)17(13-26)11-16-3-10-22(21(25)12-16)32-14-15-1-8-20(9-2-15)28(30)31/h1-12H,14H2,(H,27,29)/b17-11+. The molecular weight excluding hydrogens is 498 g/mol. The number of ether oxygens (including phenoxy) is 1. The summed E-state index contributed by atoms with van der Waals surface area (Å²) >= 11 is 9.60. The maximum atomic E-state index is 12.4. The van der Waals surface area contributed by atoms with Crippen molar-refractivity contribution < 1.29 is 14.5 Å². The highest BCUT2D eigenvalue weighted by Crippen LogP contribution is 2.27. The van der Waals surface area contributed by atoms with Crippen molar-refractivity contribution in [3.63, 3.8) is 0 Å². The molecule has 0 aromatic heterocycles. The second kappa shape index (κ2) is 10.6. The third kappa shape index (κ3) is 6.17. The number of carbonyl (C=O) groups is 1. The van der Waals surface area contributed by atoms with Crippen LogP contribution in [-0.4, -0.2) is 10.8 Å². The average molecular weight is 513 g/mol. The van der Waals surface area contributed by atoms with Gasteiger partial charge in [-0.15, -0.1) is 0 Å². The molecule has 160 valence electrons. The third-order valence-corrected chi connectivity index (χ3v) is 5.10. The van der Waals surface area contributed by atoms with E-state index in [1.54, 1.807) is 54.6 Å². The van der Waals surface area contributed by atoms with E-state index in [1.807, 2.05) is 6.07 Å². The molecular formula is C23H15BrClN3O4. The van der Waals surface area contributed by atoms with Crippen LogP contribution in [0, 0.1) is 21.4 Å². The molecule has 0 aliphatic rings. The van der Waals surface area contributed by atoms with Crippen LogP contribution in [0.3, 0.4) is 0 Å². The zero-order valence-corrected chi connectivity index (χ0v) is 18.8. The van der Waals surface area contributed by atoms with Crippen molar-refractivity contribution in [1.82, 2.24) is 0 Å². The fraction of sp³-hybridized carbons (Fsp3) is 0.0435. The number of nitrogens with one attached hydrogen (secondary N) is 1. The Morgan fingerprint density at radius 1 is 1.16 bits per heavy atom. The Kier molecular flexibility index (Phi) is 7.60. The highest BCUT2D eigenvalue weighted by molar-refractivity contribution is 9.10. The molecule has 0 unspecified atom stereocenters. The van der Waals surface area contributed by atoms with Gasteiger partial charge in [0, 0.05) is 22.3 Å². The van der Waals surface area contributed by atoms with Crippen LogP contribution in [0.15, 0.2) is 76.8 Å². The Morgan fingerprint density at radius 3 is 2.44 bits per heavy atom. The Bertz CT molecular complexity index is 1220. The van der Waals surface area contributed by atoms with E-state index in [-0.39, 0.29) is 17.9 Å². The lowest BCUT2D eigenvalue weighted by Crippen LogP contribution is -2.13. The number of rotatable bonds is 7. The first-order chi connectivity index (χ1) is 15.4. The monoisotopic (exact) mass is 511 g/mol. The van der Waals surface area contributed by atoms with Crippen LogP contribution in [0.1, 0.15) is 11.1 Å². The maximum Gasteiger partial charge on any atom is 0.269 e. The van der Waals surface area contributed by atoms with Gasteiger partial charge in [0.25, 0.3) is 11.6 Å². The van der Waals surface area contributed by atoms with Crippen molar-refractivity contribution in [2.24, 2.45) is 0 Å². The van der Waals surface area contributed by atoms with Gasteiger partial charge in [-0.25, -0.2) is 0 Å². The molecule has 32 heavy (non-hydrogen) atoms. The number of nitro groups is 1. The number of carbonyl (C=O) groups excluding carboxylic acids is 1. The van der Waals surface area contributed by atoms with Gasteiger partial charge in [-0.2, -0.15) is 5.26 Å². The summed E-state index contributed by atoms with van der Waals surface area (Å²) in [5.41, 5.74) is 1.78. The molecule has 0 aliphatic heterocycles. The van der Waals surface area contributed by atoms with E-state index in [0.29, 0.717) is 22.0 Å². The topological polar surface area (TPSA) is 105 Å². The number of hydrogen-bond donors (Lipinski definition) is 1. The predicted molar refractivity (Wildman–Crippen MR) is 125 cm³/mol. The molecule has 7 nitrogen and oxygen atoms in total. The molecule has 0 aliphatic carbocycles. The average Bonchev–Trinajstić information content (AvgIpc) is 2.78. The van der Waals surface area contributed by atoms with Gasteiger partial charge in [0.2, 0.25) is 0 Å². The van der Waals surface area contributed by atoms with Crippen molar-refractivity contribution in [3.05, 3.63) is 103 Å². The van der Waals surface area contributed by atoms with Crippen LogP contribution in [0.4, 0.5) is 11.4 Å². The third-order valence-electron chi connectivity index (χ3n) is 4.28. The minimum absolute atomic E-state index is 0.000362. The molecule has 0 bridgehead atoms. The van der Waals surface area contributed by atoms with Crippen LogP contribution < -0.4 is 10.1 Å². The van der Waals surface area contributed by atoms with E-state index in [9.17, 15) is 20.2 Å². The second-order valence-electron chi connectivity index (χ2n) is 6.53. The van der Waals surface area contributed by atoms with Crippen molar-refractivity contribution >= 4 is 50.9 Å². The van der Waals surface area contributed by atoms with Gasteiger partial charge in [0.1, 0.15) is 24.0 Å². The largest absolute Gasteiger partial charge is 0.487 e. The lowest BCUT2D eigenvalue weighted by Gasteiger charge is -2.09. The van der Waals surface area contributed by atoms with E-state index in [2.05, 4.69) is 21.2 Å². The van der Waals surface area contributed by atoms with Gasteiger partial charge in [-0.3, -0.25) is 14.9 Å². The second-order valence-corrected chi connectivity index (χ2v) is 7.86. The number of amides is 1. The number of nitrogens with zero attached hydrogens (tertiary/aromatic N) is 2. The molecule has 1 amide bonds. The summed E-state index contributed by atoms with van der Waals surface area (Å²) in [7, 11) is 0. The molecule has 1 N–H and O–H groups in total. The van der Waals surface area contributed by atoms with Crippen molar-refractivity contribution in [3.8, 4) is 11.8 Å². The summed E-state index contributed by atoms with van der Waals surface area (Å²) in [6.07, 6.45) is 1.43. The van der Waals surface area contributed by atoms with E-state index < -0.39 is 10.8 Å². The Balaban J connectivity index is 1.67. The first-order valence-corrected chi connectivity index (χ1v) is 10.4. The van der Waals surface area contributed by atoms with Crippen molar-refractivity contribution in [1.29, 1.82) is 5.26 Å². The minimum atomic E-state index is -0.538. The summed E-state index contributed by atoms with van der Waals surface area (Å²) < 4.78 is 6.55. The molecule has 0 fully saturated rings. The molecule has 0 heterocycles. The van der Waals surface area contributed by atoms with Crippen LogP contribution in [0.5, 0.6) is 5.75 Å². The number of nitro benzene ring substituents is 1. The molecule has 0 saturated heterocycles. The van der Waals surface area contributed by atoms with Crippen LogP contribution in [-0.2, 0) is 11.4 Å². The first kappa shape index (κ1) is 23.0. The summed E-state index contributed by atoms with van der Waals surface area (Å²) in [6.45, 7) is 0.173. The fourth-order valence-corrected chi connectivity index (χ4v) is 3.15. The molecule has 3 aromatic rings. The van der Waals surface area contributed by atoms with Gasteiger partial charge in [-0.05, 0) is 65.7 Å². The Labute approximate surface area is 197 Å². The number of halogens is 2. The SMILES string of the molecule is N#C/C(=C\c1ccc(OCc2ccc([N+](=O)[O-])cc2)c(Cl)c1)C(=O)Nc1ccc(Br)cc1. The van der Waals surface area contributed by atoms with Crippen LogP contribution in [0.25, 0.3) is 6.08 Å². The summed E-state index contributed by atoms with van der Waals surface area (Å²) in [5, 5.41) is 23.1. The van der Waals surface area contributed by atoms with E-state index in [1.165, 1.54) is 18.2 Å². The Hall–Kier alpha value is -3.67. The first-order valence-electron chi connectivity index (χ1n) is 9.20. The molecule has 0 saturated carbocycles. The highest BCUT2D eigenvalue weighted by Gasteiger charge is 2.11. The van der Waals surface area contributed by atoms with Gasteiger partial charge < -0.3 is 10.1 Å². The van der Waals surface area contributed by atoms with Gasteiger partial charge in [0.05, 0.1) is 9.95 Å². The van der Waals surface area contributed by atoms with Crippen molar-refractivity contribution in [2.75, 3.05) is 5.32 Å².